The lowest BCUT2D eigenvalue weighted by Crippen LogP contribution is -2.40. The van der Waals surface area contributed by atoms with Gasteiger partial charge in [0.2, 0.25) is 0 Å². The molecule has 0 radical (unpaired) electrons. The van der Waals surface area contributed by atoms with Crippen LogP contribution in [0.4, 0.5) is 13.2 Å². The number of nitrogens with one attached hydrogen (secondary N) is 1. The first-order valence-corrected chi connectivity index (χ1v) is 14.1. The highest BCUT2D eigenvalue weighted by Gasteiger charge is 2.38. The van der Waals surface area contributed by atoms with Crippen LogP contribution in [-0.2, 0) is 19.1 Å². The molecule has 2 aromatic carbocycles. The van der Waals surface area contributed by atoms with Crippen LogP contribution in [-0.4, -0.2) is 65.2 Å². The summed E-state index contributed by atoms with van der Waals surface area (Å²) in [4.78, 5) is 50.5. The van der Waals surface area contributed by atoms with Gasteiger partial charge in [-0.25, -0.2) is 9.59 Å². The Morgan fingerprint density at radius 2 is 1.50 bits per heavy atom. The highest BCUT2D eigenvalue weighted by molar-refractivity contribution is 7.14. The molecule has 14 heteroatoms. The Balaban J connectivity index is 0.000000860. The molecule has 44 heavy (non-hydrogen) atoms. The molecule has 5 N–H and O–H groups in total. The van der Waals surface area contributed by atoms with E-state index in [-0.39, 0.29) is 37.7 Å². The third kappa shape index (κ3) is 11.9. The van der Waals surface area contributed by atoms with Crippen LogP contribution in [0.1, 0.15) is 57.8 Å². The summed E-state index contributed by atoms with van der Waals surface area (Å²) in [5.74, 6) is -4.69. The molecule has 1 amide bonds. The molecule has 1 atom stereocenters. The van der Waals surface area contributed by atoms with Crippen molar-refractivity contribution in [3.05, 3.63) is 93.7 Å². The molecule has 0 aliphatic heterocycles. The number of thiophene rings is 1. The molecule has 0 aliphatic carbocycles. The van der Waals surface area contributed by atoms with Crippen LogP contribution in [0, 0.1) is 0 Å². The minimum Gasteiger partial charge on any atom is -0.480 e. The predicted octanol–water partition coefficient (Wildman–Crippen LogP) is 4.84. The van der Waals surface area contributed by atoms with Gasteiger partial charge in [-0.1, -0.05) is 60.7 Å². The van der Waals surface area contributed by atoms with Crippen molar-refractivity contribution in [1.82, 2.24) is 5.32 Å². The summed E-state index contributed by atoms with van der Waals surface area (Å²) in [5, 5.41) is 19.4. The summed E-state index contributed by atoms with van der Waals surface area (Å²) >= 11 is 1.35. The third-order valence-corrected chi connectivity index (χ3v) is 6.99. The smallest absolute Gasteiger partial charge is 0.480 e. The second kappa shape index (κ2) is 17.4. The normalized spacial score (nSPS) is 12.1. The number of carboxylic acids is 2. The van der Waals surface area contributed by atoms with Gasteiger partial charge in [-0.3, -0.25) is 14.6 Å². The molecule has 0 bridgehead atoms. The summed E-state index contributed by atoms with van der Waals surface area (Å²) in [6.45, 7) is 2.20. The highest BCUT2D eigenvalue weighted by atomic mass is 32.1. The first-order valence-electron chi connectivity index (χ1n) is 13.3. The Hall–Kier alpha value is -4.72. The van der Waals surface area contributed by atoms with Crippen molar-refractivity contribution in [3.8, 4) is 0 Å². The van der Waals surface area contributed by atoms with E-state index in [0.717, 1.165) is 16.0 Å². The molecule has 0 saturated heterocycles. The zero-order valence-electron chi connectivity index (χ0n) is 23.6. The maximum atomic E-state index is 12.9. The quantitative estimate of drug-likeness (QED) is 0.0896. The van der Waals surface area contributed by atoms with E-state index in [0.29, 0.717) is 11.3 Å². The average molecular weight is 636 g/mol. The van der Waals surface area contributed by atoms with E-state index in [4.69, 9.17) is 20.4 Å². The number of halogens is 3. The molecule has 3 aromatic rings. The van der Waals surface area contributed by atoms with Crippen LogP contribution in [0.5, 0.6) is 0 Å². The number of amides is 1. The Labute approximate surface area is 255 Å². The van der Waals surface area contributed by atoms with Gasteiger partial charge < -0.3 is 26.0 Å². The Bertz CT molecular complexity index is 1370. The van der Waals surface area contributed by atoms with Crippen LogP contribution in [0.25, 0.3) is 0 Å². The molecule has 0 saturated carbocycles. The van der Waals surface area contributed by atoms with Crippen LogP contribution in [0.2, 0.25) is 0 Å². The molecule has 0 fully saturated rings. The molecule has 0 spiro atoms. The van der Waals surface area contributed by atoms with Crippen molar-refractivity contribution in [2.75, 3.05) is 13.2 Å². The van der Waals surface area contributed by atoms with Gasteiger partial charge in [-0.15, -0.1) is 11.3 Å². The lowest BCUT2D eigenvalue weighted by atomic mass is 9.90. The summed E-state index contributed by atoms with van der Waals surface area (Å²) in [5.41, 5.74) is 7.92. The van der Waals surface area contributed by atoms with Crippen molar-refractivity contribution in [3.63, 3.8) is 0 Å². The number of hydrogen-bond donors (Lipinski definition) is 4. The maximum Gasteiger partial charge on any atom is 0.490 e. The molecular formula is C30H32F3N3O7S. The van der Waals surface area contributed by atoms with Crippen molar-refractivity contribution in [2.24, 2.45) is 10.7 Å². The Kier molecular flexibility index (Phi) is 14.0. The Morgan fingerprint density at radius 3 is 1.98 bits per heavy atom. The van der Waals surface area contributed by atoms with Gasteiger partial charge in [0, 0.05) is 17.3 Å². The van der Waals surface area contributed by atoms with Crippen LogP contribution >= 0.6 is 11.3 Å². The number of esters is 1. The number of carbonyl (C=O) groups is 4. The van der Waals surface area contributed by atoms with Gasteiger partial charge >= 0.3 is 24.1 Å². The van der Waals surface area contributed by atoms with Crippen molar-refractivity contribution in [2.45, 2.75) is 44.3 Å². The average Bonchev–Trinajstić information content (AvgIpc) is 3.45. The predicted molar refractivity (Wildman–Crippen MR) is 158 cm³/mol. The molecule has 236 valence electrons. The maximum absolute atomic E-state index is 12.9. The van der Waals surface area contributed by atoms with E-state index in [2.05, 4.69) is 34.6 Å². The first-order chi connectivity index (χ1) is 20.8. The number of aliphatic carboxylic acids is 2. The lowest BCUT2D eigenvalue weighted by molar-refractivity contribution is -0.192. The number of benzene rings is 2. The van der Waals surface area contributed by atoms with Gasteiger partial charge in [-0.2, -0.15) is 13.2 Å². The summed E-state index contributed by atoms with van der Waals surface area (Å²) in [7, 11) is 0. The number of hydrogen-bond acceptors (Lipinski definition) is 7. The summed E-state index contributed by atoms with van der Waals surface area (Å²) in [6.07, 6.45) is -4.65. The van der Waals surface area contributed by atoms with Crippen LogP contribution in [0.3, 0.4) is 0 Å². The summed E-state index contributed by atoms with van der Waals surface area (Å²) in [6, 6.07) is 22.7. The van der Waals surface area contributed by atoms with E-state index >= 15 is 0 Å². The van der Waals surface area contributed by atoms with E-state index < -0.39 is 36.0 Å². The first kappa shape index (κ1) is 35.5. The number of ether oxygens (including phenoxy) is 1. The second-order valence-electron chi connectivity index (χ2n) is 9.12. The molecule has 0 aliphatic rings. The minimum atomic E-state index is -5.08. The number of carboxylic acid groups (broad SMARTS) is 2. The zero-order valence-corrected chi connectivity index (χ0v) is 24.4. The highest BCUT2D eigenvalue weighted by Crippen LogP contribution is 2.36. The van der Waals surface area contributed by atoms with E-state index in [1.807, 2.05) is 42.5 Å². The summed E-state index contributed by atoms with van der Waals surface area (Å²) < 4.78 is 36.6. The fourth-order valence-electron chi connectivity index (χ4n) is 3.86. The van der Waals surface area contributed by atoms with Crippen molar-refractivity contribution < 1.29 is 47.3 Å². The molecule has 10 nitrogen and oxygen atoms in total. The van der Waals surface area contributed by atoms with E-state index in [1.54, 1.807) is 13.0 Å². The molecule has 1 heterocycles. The zero-order chi connectivity index (χ0) is 32.7. The van der Waals surface area contributed by atoms with Gasteiger partial charge in [0.05, 0.1) is 11.5 Å². The van der Waals surface area contributed by atoms with E-state index in [1.165, 1.54) is 11.3 Å². The fraction of sp³-hybridized carbons (Fsp3) is 0.300. The number of nitrogens with zero attached hydrogens (tertiary/aromatic N) is 1. The number of amidine groups is 1. The molecule has 0 unspecified atom stereocenters. The lowest BCUT2D eigenvalue weighted by Gasteiger charge is -2.17. The molecule has 1 aromatic heterocycles. The van der Waals surface area contributed by atoms with Gasteiger partial charge in [-0.05, 0) is 43.0 Å². The SMILES string of the molecule is CCOC(=O)CC(N)=NCCC[C@H](NC(=O)c1ccc(C(c2ccccc2)c2ccccc2)s1)C(=O)O.O=C(O)C(F)(F)F. The number of aliphatic imine (C=N–C) groups is 1. The molecule has 3 rings (SSSR count). The van der Waals surface area contributed by atoms with Crippen molar-refractivity contribution in [1.29, 1.82) is 0 Å². The largest absolute Gasteiger partial charge is 0.490 e. The topological polar surface area (TPSA) is 168 Å². The number of nitrogens with two attached hydrogens (primary N) is 1. The fourth-order valence-corrected chi connectivity index (χ4v) is 4.93. The third-order valence-electron chi connectivity index (χ3n) is 5.84. The van der Waals surface area contributed by atoms with Gasteiger partial charge in [0.1, 0.15) is 18.3 Å². The minimum absolute atomic E-state index is 0.0397. The second-order valence-corrected chi connectivity index (χ2v) is 10.2. The number of carbonyl (C=O) groups excluding carboxylic acids is 2. The number of rotatable bonds is 13. The number of alkyl halides is 3. The van der Waals surface area contributed by atoms with E-state index in [9.17, 15) is 32.7 Å². The van der Waals surface area contributed by atoms with Crippen molar-refractivity contribution >= 4 is 41.0 Å². The molecular weight excluding hydrogens is 603 g/mol. The standard InChI is InChI=1S/C28H31N3O5S.C2HF3O2/c1-2-36-25(32)18-24(29)30-17-9-14-21(28(34)35)31-27(33)23-16-15-22(37-23)26(19-10-5-3-6-11-19)20-12-7-4-8-13-20;3-2(4,5)1(6)7/h3-8,10-13,15-16,21,26H,2,9,14,17-18H2,1H3,(H2,29,30)(H,31,33)(H,34,35);(H,6,7)/t21-;/m0./s1. The Morgan fingerprint density at radius 1 is 0.955 bits per heavy atom. The monoisotopic (exact) mass is 635 g/mol. The van der Waals surface area contributed by atoms with Gasteiger partial charge in [0.25, 0.3) is 5.91 Å². The van der Waals surface area contributed by atoms with Crippen LogP contribution < -0.4 is 11.1 Å². The van der Waals surface area contributed by atoms with Gasteiger partial charge in [0.15, 0.2) is 0 Å². The van der Waals surface area contributed by atoms with Crippen LogP contribution in [0.15, 0.2) is 77.8 Å².